The highest BCUT2D eigenvalue weighted by molar-refractivity contribution is 4.72. The molecule has 1 aliphatic rings. The second kappa shape index (κ2) is 6.55. The summed E-state index contributed by atoms with van der Waals surface area (Å²) >= 11 is 0. The van der Waals surface area contributed by atoms with Crippen LogP contribution in [0, 0.1) is 0 Å². The van der Waals surface area contributed by atoms with Crippen molar-refractivity contribution in [1.29, 1.82) is 0 Å². The molecule has 0 amide bonds. The fourth-order valence-corrected chi connectivity index (χ4v) is 1.61. The first-order valence-electron chi connectivity index (χ1n) is 6.10. The van der Waals surface area contributed by atoms with Crippen LogP contribution in [0.3, 0.4) is 0 Å². The molecule has 2 N–H and O–H groups in total. The third-order valence-corrected chi connectivity index (χ3v) is 2.57. The van der Waals surface area contributed by atoms with Crippen molar-refractivity contribution < 1.29 is 14.6 Å². The number of rotatable bonds is 5. The van der Waals surface area contributed by atoms with Crippen LogP contribution in [-0.2, 0) is 9.47 Å². The molecule has 4 nitrogen and oxygen atoms in total. The molecule has 4 heteroatoms. The number of aliphatic hydroxyl groups is 1. The van der Waals surface area contributed by atoms with E-state index >= 15 is 0 Å². The summed E-state index contributed by atoms with van der Waals surface area (Å²) in [6.45, 7) is 8.61. The summed E-state index contributed by atoms with van der Waals surface area (Å²) in [6.07, 6.45) is 1.64. The number of hydrogen-bond donors (Lipinski definition) is 2. The van der Waals surface area contributed by atoms with E-state index in [1.165, 1.54) is 0 Å². The van der Waals surface area contributed by atoms with Crippen molar-refractivity contribution in [1.82, 2.24) is 5.32 Å². The lowest BCUT2D eigenvalue weighted by Gasteiger charge is -2.26. The van der Waals surface area contributed by atoms with E-state index in [0.29, 0.717) is 19.2 Å². The molecule has 0 aliphatic carbocycles. The molecule has 1 rings (SSSR count). The molecule has 0 radical (unpaired) electrons. The van der Waals surface area contributed by atoms with Crippen molar-refractivity contribution in [2.24, 2.45) is 0 Å². The number of ether oxygens (including phenoxy) is 2. The van der Waals surface area contributed by atoms with Gasteiger partial charge in [-0.3, -0.25) is 0 Å². The highest BCUT2D eigenvalue weighted by atomic mass is 16.5. The Balaban J connectivity index is 2.07. The normalized spacial score (nSPS) is 21.0. The van der Waals surface area contributed by atoms with E-state index in [1.807, 2.05) is 20.8 Å². The van der Waals surface area contributed by atoms with E-state index in [2.05, 4.69) is 5.32 Å². The maximum absolute atomic E-state index is 9.72. The molecule has 0 saturated carbocycles. The first-order chi connectivity index (χ1) is 7.47. The van der Waals surface area contributed by atoms with Crippen LogP contribution in [0.5, 0.6) is 0 Å². The summed E-state index contributed by atoms with van der Waals surface area (Å²) in [5, 5.41) is 13.1. The maximum atomic E-state index is 9.72. The molecule has 0 spiro atoms. The molecule has 96 valence electrons. The first-order valence-corrected chi connectivity index (χ1v) is 6.10. The molecule has 1 saturated heterocycles. The average molecular weight is 231 g/mol. The highest BCUT2D eigenvalue weighted by Crippen LogP contribution is 2.08. The van der Waals surface area contributed by atoms with Gasteiger partial charge in [0.1, 0.15) is 0 Å². The predicted molar refractivity (Wildman–Crippen MR) is 63.6 cm³/mol. The molecule has 1 heterocycles. The Morgan fingerprint density at radius 2 is 2.00 bits per heavy atom. The largest absolute Gasteiger partial charge is 0.389 e. The van der Waals surface area contributed by atoms with Crippen LogP contribution < -0.4 is 5.32 Å². The summed E-state index contributed by atoms with van der Waals surface area (Å²) < 4.78 is 10.8. The molecule has 0 bridgehead atoms. The molecule has 0 aromatic rings. The van der Waals surface area contributed by atoms with Crippen LogP contribution in [0.25, 0.3) is 0 Å². The minimum atomic E-state index is -0.429. The molecule has 1 fully saturated rings. The Bertz CT molecular complexity index is 185. The molecular weight excluding hydrogens is 206 g/mol. The second-order valence-electron chi connectivity index (χ2n) is 5.37. The van der Waals surface area contributed by atoms with Crippen molar-refractivity contribution in [3.8, 4) is 0 Å². The van der Waals surface area contributed by atoms with Gasteiger partial charge in [0.2, 0.25) is 0 Å². The minimum absolute atomic E-state index is 0.181. The first kappa shape index (κ1) is 13.9. The van der Waals surface area contributed by atoms with E-state index < -0.39 is 6.10 Å². The van der Waals surface area contributed by atoms with Gasteiger partial charge in [-0.15, -0.1) is 0 Å². The number of nitrogens with one attached hydrogen (secondary N) is 1. The van der Waals surface area contributed by atoms with Gasteiger partial charge in [-0.25, -0.2) is 0 Å². The van der Waals surface area contributed by atoms with Gasteiger partial charge in [-0.1, -0.05) is 0 Å². The zero-order valence-corrected chi connectivity index (χ0v) is 10.7. The molecule has 1 unspecified atom stereocenters. The molecule has 16 heavy (non-hydrogen) atoms. The SMILES string of the molecule is CC(C)(C)OCC(O)CNC1CCOCC1. The zero-order chi connectivity index (χ0) is 12.0. The maximum Gasteiger partial charge on any atom is 0.0898 e. The zero-order valence-electron chi connectivity index (χ0n) is 10.7. The van der Waals surface area contributed by atoms with Gasteiger partial charge in [-0.2, -0.15) is 0 Å². The van der Waals surface area contributed by atoms with Gasteiger partial charge in [-0.05, 0) is 33.6 Å². The average Bonchev–Trinajstić information content (AvgIpc) is 2.24. The summed E-state index contributed by atoms with van der Waals surface area (Å²) in [5.41, 5.74) is -0.181. The predicted octanol–water partition coefficient (Wildman–Crippen LogP) is 0.931. The highest BCUT2D eigenvalue weighted by Gasteiger charge is 2.16. The van der Waals surface area contributed by atoms with Crippen molar-refractivity contribution in [3.05, 3.63) is 0 Å². The van der Waals surface area contributed by atoms with Crippen LogP contribution in [0.15, 0.2) is 0 Å². The lowest BCUT2D eigenvalue weighted by molar-refractivity contribution is -0.0491. The van der Waals surface area contributed by atoms with Gasteiger partial charge < -0.3 is 19.9 Å². The van der Waals surface area contributed by atoms with Crippen molar-refractivity contribution in [2.45, 2.75) is 51.4 Å². The quantitative estimate of drug-likeness (QED) is 0.739. The van der Waals surface area contributed by atoms with E-state index in [1.54, 1.807) is 0 Å². The molecular formula is C12H25NO3. The fraction of sp³-hybridized carbons (Fsp3) is 1.00. The van der Waals surface area contributed by atoms with E-state index in [9.17, 15) is 5.11 Å². The summed E-state index contributed by atoms with van der Waals surface area (Å²) in [6, 6.07) is 0.484. The van der Waals surface area contributed by atoms with Crippen LogP contribution in [0.1, 0.15) is 33.6 Å². The fourth-order valence-electron chi connectivity index (χ4n) is 1.61. The van der Waals surface area contributed by atoms with E-state index in [-0.39, 0.29) is 5.60 Å². The van der Waals surface area contributed by atoms with Gasteiger partial charge in [0.15, 0.2) is 0 Å². The van der Waals surface area contributed by atoms with Crippen LogP contribution >= 0.6 is 0 Å². The van der Waals surface area contributed by atoms with E-state index in [4.69, 9.17) is 9.47 Å². The Kier molecular flexibility index (Phi) is 5.69. The Morgan fingerprint density at radius 1 is 1.38 bits per heavy atom. The number of aliphatic hydroxyl groups excluding tert-OH is 1. The molecule has 1 aliphatic heterocycles. The Morgan fingerprint density at radius 3 is 2.56 bits per heavy atom. The van der Waals surface area contributed by atoms with Crippen molar-refractivity contribution in [3.63, 3.8) is 0 Å². The Hall–Kier alpha value is -0.160. The second-order valence-corrected chi connectivity index (χ2v) is 5.37. The lowest BCUT2D eigenvalue weighted by Crippen LogP contribution is -2.41. The van der Waals surface area contributed by atoms with Gasteiger partial charge >= 0.3 is 0 Å². The summed E-state index contributed by atoms with van der Waals surface area (Å²) in [4.78, 5) is 0. The standard InChI is InChI=1S/C12H25NO3/c1-12(2,3)16-9-11(14)8-13-10-4-6-15-7-5-10/h10-11,13-14H,4-9H2,1-3H3. The van der Waals surface area contributed by atoms with Crippen LogP contribution in [0.2, 0.25) is 0 Å². The third kappa shape index (κ3) is 6.43. The summed E-state index contributed by atoms with van der Waals surface area (Å²) in [7, 11) is 0. The lowest BCUT2D eigenvalue weighted by atomic mass is 10.1. The van der Waals surface area contributed by atoms with Gasteiger partial charge in [0.05, 0.1) is 18.3 Å². The monoisotopic (exact) mass is 231 g/mol. The third-order valence-electron chi connectivity index (χ3n) is 2.57. The van der Waals surface area contributed by atoms with Crippen LogP contribution in [-0.4, -0.2) is 49.2 Å². The summed E-state index contributed by atoms with van der Waals surface area (Å²) in [5.74, 6) is 0. The van der Waals surface area contributed by atoms with Crippen molar-refractivity contribution >= 4 is 0 Å². The number of hydrogen-bond acceptors (Lipinski definition) is 4. The van der Waals surface area contributed by atoms with Crippen molar-refractivity contribution in [2.75, 3.05) is 26.4 Å². The topological polar surface area (TPSA) is 50.7 Å². The van der Waals surface area contributed by atoms with Gasteiger partial charge in [0.25, 0.3) is 0 Å². The van der Waals surface area contributed by atoms with Gasteiger partial charge in [0, 0.05) is 25.8 Å². The van der Waals surface area contributed by atoms with E-state index in [0.717, 1.165) is 26.1 Å². The minimum Gasteiger partial charge on any atom is -0.389 e. The smallest absolute Gasteiger partial charge is 0.0898 e. The van der Waals surface area contributed by atoms with Crippen LogP contribution in [0.4, 0.5) is 0 Å². The molecule has 0 aromatic carbocycles. The molecule has 0 aromatic heterocycles. The molecule has 1 atom stereocenters. The Labute approximate surface area is 98.3 Å².